The maximum Gasteiger partial charge on any atom is 0.514 e. The number of halogens is 4. The topological polar surface area (TPSA) is 72.2 Å². The van der Waals surface area contributed by atoms with Crippen LogP contribution in [-0.2, 0) is 0 Å². The highest BCUT2D eigenvalue weighted by Gasteiger charge is 2.49. The lowest BCUT2D eigenvalue weighted by Gasteiger charge is -2.18. The molecular weight excluding hydrogens is 291 g/mol. The van der Waals surface area contributed by atoms with Crippen LogP contribution in [0.1, 0.15) is 0 Å². The van der Waals surface area contributed by atoms with E-state index in [2.05, 4.69) is 0 Å². The molecule has 0 amide bonds. The van der Waals surface area contributed by atoms with Crippen molar-refractivity contribution in [3.63, 3.8) is 0 Å². The summed E-state index contributed by atoms with van der Waals surface area (Å²) in [6.45, 7) is -2.12. The van der Waals surface area contributed by atoms with Gasteiger partial charge in [0, 0.05) is 6.07 Å². The summed E-state index contributed by atoms with van der Waals surface area (Å²) in [4.78, 5) is 0. The van der Waals surface area contributed by atoms with E-state index in [0.29, 0.717) is 0 Å². The Morgan fingerprint density at radius 1 is 0.857 bits per heavy atom. The van der Waals surface area contributed by atoms with Gasteiger partial charge in [-0.2, -0.15) is 13.2 Å². The lowest BCUT2D eigenvalue weighted by atomic mass is 9.60. The van der Waals surface area contributed by atoms with Crippen LogP contribution < -0.4 is 10.1 Å². The molecule has 0 radical (unpaired) electrons. The molecule has 0 aliphatic heterocycles. The second-order valence-electron chi connectivity index (χ2n) is 3.91. The smallest absolute Gasteiger partial charge is 0.514 e. The van der Waals surface area contributed by atoms with Crippen molar-refractivity contribution >= 4 is 12.4 Å². The van der Waals surface area contributed by atoms with Gasteiger partial charge in [-0.25, -0.2) is 4.39 Å². The van der Waals surface area contributed by atoms with Crippen LogP contribution in [0.25, 0.3) is 0 Å². The Morgan fingerprint density at radius 2 is 1.48 bits per heavy atom. The number of benzene rings is 2. The molecule has 2 aromatic rings. The van der Waals surface area contributed by atoms with Crippen LogP contribution in [0.4, 0.5) is 17.6 Å². The molecule has 3 nitrogen and oxygen atoms in total. The summed E-state index contributed by atoms with van der Waals surface area (Å²) in [7, 11) is 0. The zero-order valence-corrected chi connectivity index (χ0v) is 10.7. The lowest BCUT2D eigenvalue weighted by molar-refractivity contribution is -0.0585. The molecule has 0 saturated carbocycles. The molecule has 0 unspecified atom stereocenters. The van der Waals surface area contributed by atoms with Gasteiger partial charge in [0.15, 0.2) is 0 Å². The SMILES string of the molecule is Fc1cccc(OB(c2ccccc2)C(F)(F)F)c1.O.O. The summed E-state index contributed by atoms with van der Waals surface area (Å²) in [6, 6.07) is 11.9. The predicted octanol–water partition coefficient (Wildman–Crippen LogP) is 1.56. The van der Waals surface area contributed by atoms with Crippen molar-refractivity contribution in [1.29, 1.82) is 0 Å². The highest BCUT2D eigenvalue weighted by molar-refractivity contribution is 6.69. The Morgan fingerprint density at radius 3 is 2.00 bits per heavy atom. The van der Waals surface area contributed by atoms with Crippen LogP contribution in [0.5, 0.6) is 5.75 Å². The van der Waals surface area contributed by atoms with Gasteiger partial charge in [-0.05, 0) is 17.6 Å². The molecule has 0 aliphatic carbocycles. The summed E-state index contributed by atoms with van der Waals surface area (Å²) in [5.74, 6) is -0.808. The zero-order valence-electron chi connectivity index (χ0n) is 10.7. The van der Waals surface area contributed by atoms with Crippen molar-refractivity contribution in [3.05, 3.63) is 60.4 Å². The molecule has 8 heteroatoms. The molecule has 2 aromatic carbocycles. The Kier molecular flexibility index (Phi) is 6.91. The molecule has 114 valence electrons. The highest BCUT2D eigenvalue weighted by atomic mass is 19.4. The standard InChI is InChI=1S/C13H9BF4O.2H2O/c15-11-7-4-8-12(9-11)19-14(13(16,17)18)10-5-2-1-3-6-10;;/h1-9H;2*1H2. The van der Waals surface area contributed by atoms with E-state index in [-0.39, 0.29) is 22.2 Å². The second kappa shape index (κ2) is 7.65. The summed E-state index contributed by atoms with van der Waals surface area (Å²) >= 11 is 0. The van der Waals surface area contributed by atoms with Gasteiger partial charge in [-0.1, -0.05) is 36.4 Å². The lowest BCUT2D eigenvalue weighted by Crippen LogP contribution is -2.49. The van der Waals surface area contributed by atoms with Crippen molar-refractivity contribution < 1.29 is 33.2 Å². The zero-order chi connectivity index (χ0) is 13.9. The molecule has 0 atom stereocenters. The van der Waals surface area contributed by atoms with Gasteiger partial charge in [-0.15, -0.1) is 0 Å². The van der Waals surface area contributed by atoms with Gasteiger partial charge >= 0.3 is 13.0 Å². The predicted molar refractivity (Wildman–Crippen MR) is 72.1 cm³/mol. The quantitative estimate of drug-likeness (QED) is 0.626. The molecule has 0 aromatic heterocycles. The van der Waals surface area contributed by atoms with Crippen LogP contribution in [0, 0.1) is 5.82 Å². The molecule has 2 rings (SSSR count). The van der Waals surface area contributed by atoms with E-state index in [4.69, 9.17) is 4.65 Å². The van der Waals surface area contributed by atoms with Crippen molar-refractivity contribution in [1.82, 2.24) is 0 Å². The molecule has 0 heterocycles. The molecule has 0 spiro atoms. The molecule has 0 bridgehead atoms. The fourth-order valence-corrected chi connectivity index (χ4v) is 1.63. The summed E-state index contributed by atoms with van der Waals surface area (Å²) in [6.07, 6.45) is -4.58. The van der Waals surface area contributed by atoms with E-state index in [0.717, 1.165) is 12.1 Å². The Labute approximate surface area is 118 Å². The second-order valence-corrected chi connectivity index (χ2v) is 3.91. The van der Waals surface area contributed by atoms with Gasteiger partial charge < -0.3 is 15.6 Å². The van der Waals surface area contributed by atoms with Crippen LogP contribution in [-0.4, -0.2) is 23.9 Å². The third-order valence-corrected chi connectivity index (χ3v) is 2.45. The van der Waals surface area contributed by atoms with Gasteiger partial charge in [0.25, 0.3) is 0 Å². The van der Waals surface area contributed by atoms with Crippen molar-refractivity contribution in [3.8, 4) is 5.75 Å². The van der Waals surface area contributed by atoms with E-state index >= 15 is 0 Å². The first kappa shape index (κ1) is 18.9. The Bertz CT molecular complexity index is 549. The van der Waals surface area contributed by atoms with E-state index < -0.39 is 18.8 Å². The third-order valence-electron chi connectivity index (χ3n) is 2.45. The molecule has 21 heavy (non-hydrogen) atoms. The Hall–Kier alpha value is -2.06. The van der Waals surface area contributed by atoms with Crippen LogP contribution >= 0.6 is 0 Å². The fraction of sp³-hybridized carbons (Fsp3) is 0.0769. The monoisotopic (exact) mass is 304 g/mol. The van der Waals surface area contributed by atoms with Crippen molar-refractivity contribution in [2.45, 2.75) is 6.08 Å². The molecule has 4 N–H and O–H groups in total. The first-order chi connectivity index (χ1) is 8.97. The van der Waals surface area contributed by atoms with Crippen molar-refractivity contribution in [2.75, 3.05) is 0 Å². The fourth-order valence-electron chi connectivity index (χ4n) is 1.63. The van der Waals surface area contributed by atoms with E-state index in [1.54, 1.807) is 6.07 Å². The van der Waals surface area contributed by atoms with E-state index in [1.165, 1.54) is 36.4 Å². The summed E-state index contributed by atoms with van der Waals surface area (Å²) in [5, 5.41) is 0. The van der Waals surface area contributed by atoms with Gasteiger partial charge in [0.2, 0.25) is 0 Å². The Balaban J connectivity index is 0.00000200. The van der Waals surface area contributed by atoms with Crippen LogP contribution in [0.3, 0.4) is 0 Å². The number of alkyl halides is 3. The molecule has 0 saturated heterocycles. The number of rotatable bonds is 3. The van der Waals surface area contributed by atoms with Crippen LogP contribution in [0.2, 0.25) is 0 Å². The third kappa shape index (κ3) is 5.09. The summed E-state index contributed by atoms with van der Waals surface area (Å²) in [5.41, 5.74) is -0.0285. The van der Waals surface area contributed by atoms with Crippen LogP contribution in [0.15, 0.2) is 54.6 Å². The van der Waals surface area contributed by atoms with Gasteiger partial charge in [0.1, 0.15) is 11.6 Å². The minimum absolute atomic E-state index is 0. The average molecular weight is 304 g/mol. The number of hydrogen-bond acceptors (Lipinski definition) is 1. The molecule has 0 aliphatic rings. The minimum atomic E-state index is -4.58. The average Bonchev–Trinajstić information content (AvgIpc) is 2.36. The molecule has 0 fully saturated rings. The van der Waals surface area contributed by atoms with E-state index in [1.807, 2.05) is 0 Å². The van der Waals surface area contributed by atoms with Gasteiger partial charge in [0.05, 0.1) is 0 Å². The summed E-state index contributed by atoms with van der Waals surface area (Å²) < 4.78 is 56.8. The molecular formula is C13H13BF4O3. The minimum Gasteiger partial charge on any atom is -0.549 e. The first-order valence-corrected chi connectivity index (χ1v) is 5.51. The maximum absolute atomic E-state index is 13.0. The van der Waals surface area contributed by atoms with Crippen molar-refractivity contribution in [2.24, 2.45) is 0 Å². The number of hydrogen-bond donors (Lipinski definition) is 0. The maximum atomic E-state index is 13.0. The van der Waals surface area contributed by atoms with E-state index in [9.17, 15) is 17.6 Å². The normalized spacial score (nSPS) is 10.1. The largest absolute Gasteiger partial charge is 0.549 e. The highest BCUT2D eigenvalue weighted by Crippen LogP contribution is 2.23. The van der Waals surface area contributed by atoms with Gasteiger partial charge in [-0.3, -0.25) is 0 Å². The first-order valence-electron chi connectivity index (χ1n) is 5.51.